The number of fused-ring (bicyclic) bond motifs is 1. The molecule has 1 aromatic carbocycles. The maximum atomic E-state index is 13.1. The van der Waals surface area contributed by atoms with Crippen molar-refractivity contribution in [1.29, 1.82) is 0 Å². The van der Waals surface area contributed by atoms with Crippen LogP contribution >= 0.6 is 0 Å². The van der Waals surface area contributed by atoms with Crippen molar-refractivity contribution in [1.82, 2.24) is 10.3 Å². The third-order valence-corrected chi connectivity index (χ3v) is 4.00. The lowest BCUT2D eigenvalue weighted by Crippen LogP contribution is -2.44. The van der Waals surface area contributed by atoms with Crippen LogP contribution in [-0.2, 0) is 0 Å². The highest BCUT2D eigenvalue weighted by molar-refractivity contribution is 5.99. The third-order valence-electron chi connectivity index (χ3n) is 4.00. The summed E-state index contributed by atoms with van der Waals surface area (Å²) in [5.41, 5.74) is -1.62. The molecule has 2 aromatic rings. The lowest BCUT2D eigenvalue weighted by atomic mass is 9.90. The summed E-state index contributed by atoms with van der Waals surface area (Å²) in [6, 6.07) is 6.27. The minimum atomic E-state index is -4.54. The van der Waals surface area contributed by atoms with Crippen molar-refractivity contribution < 1.29 is 27.8 Å². The maximum Gasteiger partial charge on any atom is 0.399 e. The average molecular weight is 368 g/mol. The van der Waals surface area contributed by atoms with Gasteiger partial charge in [0.1, 0.15) is 17.9 Å². The monoisotopic (exact) mass is 368 g/mol. The molecule has 0 radical (unpaired) electrons. The Balaban J connectivity index is 2.28. The van der Waals surface area contributed by atoms with Crippen LogP contribution in [-0.4, -0.2) is 41.9 Å². The second-order valence-corrected chi connectivity index (χ2v) is 5.92. The van der Waals surface area contributed by atoms with Crippen LogP contribution in [0.4, 0.5) is 13.2 Å². The molecule has 1 amide bonds. The SMILES string of the molecule is C=CC(C)(CNC(=O)c1cc(OCCO)c2ncccc2c1)C(F)(F)F. The van der Waals surface area contributed by atoms with Gasteiger partial charge in [0, 0.05) is 23.7 Å². The molecular formula is C18H19F3N2O3. The molecule has 0 aliphatic carbocycles. The van der Waals surface area contributed by atoms with Gasteiger partial charge in [0.2, 0.25) is 0 Å². The number of carbonyl (C=O) groups excluding carboxylic acids is 1. The zero-order valence-corrected chi connectivity index (χ0v) is 14.1. The zero-order chi connectivity index (χ0) is 19.4. The van der Waals surface area contributed by atoms with E-state index >= 15 is 0 Å². The number of amides is 1. The fourth-order valence-electron chi connectivity index (χ4n) is 2.21. The number of aliphatic hydroxyl groups is 1. The Kier molecular flexibility index (Phi) is 5.86. The predicted octanol–water partition coefficient (Wildman–Crippen LogP) is 3.09. The van der Waals surface area contributed by atoms with Crippen LogP contribution in [0.25, 0.3) is 10.9 Å². The number of benzene rings is 1. The number of ether oxygens (including phenoxy) is 1. The molecule has 140 valence electrons. The number of alkyl halides is 3. The highest BCUT2D eigenvalue weighted by atomic mass is 19.4. The Morgan fingerprint density at radius 1 is 1.42 bits per heavy atom. The van der Waals surface area contributed by atoms with Gasteiger partial charge in [0.25, 0.3) is 5.91 Å². The molecule has 0 saturated carbocycles. The summed E-state index contributed by atoms with van der Waals surface area (Å²) < 4.78 is 44.7. The second-order valence-electron chi connectivity index (χ2n) is 5.92. The lowest BCUT2D eigenvalue weighted by Gasteiger charge is -2.28. The van der Waals surface area contributed by atoms with Crippen LogP contribution < -0.4 is 10.1 Å². The van der Waals surface area contributed by atoms with Crippen LogP contribution in [0.3, 0.4) is 0 Å². The van der Waals surface area contributed by atoms with Gasteiger partial charge in [-0.05, 0) is 25.1 Å². The fourth-order valence-corrected chi connectivity index (χ4v) is 2.21. The Morgan fingerprint density at radius 2 is 2.15 bits per heavy atom. The molecule has 26 heavy (non-hydrogen) atoms. The molecule has 0 saturated heterocycles. The first-order chi connectivity index (χ1) is 12.2. The van der Waals surface area contributed by atoms with Gasteiger partial charge in [-0.3, -0.25) is 9.78 Å². The van der Waals surface area contributed by atoms with Crippen molar-refractivity contribution in [3.63, 3.8) is 0 Å². The first-order valence-corrected chi connectivity index (χ1v) is 7.83. The minimum Gasteiger partial charge on any atom is -0.489 e. The van der Waals surface area contributed by atoms with Gasteiger partial charge >= 0.3 is 6.18 Å². The average Bonchev–Trinajstić information content (AvgIpc) is 2.62. The number of pyridine rings is 1. The summed E-state index contributed by atoms with van der Waals surface area (Å²) in [5, 5.41) is 11.8. The van der Waals surface area contributed by atoms with Gasteiger partial charge in [0.15, 0.2) is 0 Å². The summed E-state index contributed by atoms with van der Waals surface area (Å²) in [6.07, 6.45) is -2.22. The molecule has 1 atom stereocenters. The second kappa shape index (κ2) is 7.74. The van der Waals surface area contributed by atoms with Gasteiger partial charge in [-0.1, -0.05) is 12.1 Å². The van der Waals surface area contributed by atoms with Gasteiger partial charge in [0.05, 0.1) is 12.0 Å². The first-order valence-electron chi connectivity index (χ1n) is 7.83. The van der Waals surface area contributed by atoms with E-state index in [0.717, 1.165) is 13.0 Å². The molecule has 0 aliphatic heterocycles. The fraction of sp³-hybridized carbons (Fsp3) is 0.333. The molecule has 1 heterocycles. The van der Waals surface area contributed by atoms with E-state index in [4.69, 9.17) is 9.84 Å². The number of hydrogen-bond donors (Lipinski definition) is 2. The van der Waals surface area contributed by atoms with Crippen molar-refractivity contribution in [2.75, 3.05) is 19.8 Å². The van der Waals surface area contributed by atoms with Crippen molar-refractivity contribution >= 4 is 16.8 Å². The van der Waals surface area contributed by atoms with E-state index in [-0.39, 0.29) is 24.5 Å². The summed E-state index contributed by atoms with van der Waals surface area (Å²) >= 11 is 0. The molecule has 0 bridgehead atoms. The number of aromatic nitrogens is 1. The van der Waals surface area contributed by atoms with E-state index in [9.17, 15) is 18.0 Å². The molecule has 8 heteroatoms. The Labute approximate surface area is 148 Å². The van der Waals surface area contributed by atoms with E-state index in [2.05, 4.69) is 16.9 Å². The quantitative estimate of drug-likeness (QED) is 0.737. The van der Waals surface area contributed by atoms with E-state index in [0.29, 0.717) is 10.9 Å². The van der Waals surface area contributed by atoms with E-state index in [1.165, 1.54) is 12.1 Å². The van der Waals surface area contributed by atoms with Crippen molar-refractivity contribution in [2.24, 2.45) is 5.41 Å². The molecule has 1 aromatic heterocycles. The first kappa shape index (κ1) is 19.7. The topological polar surface area (TPSA) is 71.5 Å². The van der Waals surface area contributed by atoms with E-state index < -0.39 is 24.0 Å². The van der Waals surface area contributed by atoms with Crippen molar-refractivity contribution in [3.8, 4) is 5.75 Å². The molecule has 0 aliphatic rings. The number of halogens is 3. The van der Waals surface area contributed by atoms with Gasteiger partial charge < -0.3 is 15.2 Å². The number of nitrogens with zero attached hydrogens (tertiary/aromatic N) is 1. The minimum absolute atomic E-state index is 0.000639. The summed E-state index contributed by atoms with van der Waals surface area (Å²) in [6.45, 7) is 3.30. The van der Waals surface area contributed by atoms with E-state index in [1.54, 1.807) is 18.3 Å². The third kappa shape index (κ3) is 4.13. The lowest BCUT2D eigenvalue weighted by molar-refractivity contribution is -0.197. The Bertz CT molecular complexity index is 808. The number of nitrogens with one attached hydrogen (secondary N) is 1. The van der Waals surface area contributed by atoms with Crippen LogP contribution in [0.1, 0.15) is 17.3 Å². The van der Waals surface area contributed by atoms with Crippen LogP contribution in [0.2, 0.25) is 0 Å². The molecule has 2 N–H and O–H groups in total. The molecule has 0 spiro atoms. The molecule has 5 nitrogen and oxygen atoms in total. The molecule has 2 rings (SSSR count). The van der Waals surface area contributed by atoms with Crippen LogP contribution in [0, 0.1) is 5.41 Å². The van der Waals surface area contributed by atoms with E-state index in [1.807, 2.05) is 0 Å². The van der Waals surface area contributed by atoms with Crippen molar-refractivity contribution in [3.05, 3.63) is 48.7 Å². The van der Waals surface area contributed by atoms with Gasteiger partial charge in [-0.2, -0.15) is 13.2 Å². The number of carbonyl (C=O) groups is 1. The predicted molar refractivity (Wildman–Crippen MR) is 91.0 cm³/mol. The standard InChI is InChI=1S/C18H19F3N2O3/c1-3-17(2,18(19,20)21)11-23-16(25)13-9-12-5-4-6-22-15(12)14(10-13)26-8-7-24/h3-6,9-10,24H,1,7-8,11H2,2H3,(H,23,25). The number of aliphatic hydroxyl groups excluding tert-OH is 1. The normalized spacial score (nSPS) is 13.9. The van der Waals surface area contributed by atoms with Crippen LogP contribution in [0.15, 0.2) is 43.1 Å². The Morgan fingerprint density at radius 3 is 2.77 bits per heavy atom. The highest BCUT2D eigenvalue weighted by Gasteiger charge is 2.48. The van der Waals surface area contributed by atoms with Crippen LogP contribution in [0.5, 0.6) is 5.75 Å². The Hall–Kier alpha value is -2.61. The maximum absolute atomic E-state index is 13.1. The number of hydrogen-bond acceptors (Lipinski definition) is 4. The van der Waals surface area contributed by atoms with Gasteiger partial charge in [-0.15, -0.1) is 6.58 Å². The highest BCUT2D eigenvalue weighted by Crippen LogP contribution is 2.38. The number of rotatable bonds is 7. The molecule has 1 unspecified atom stereocenters. The molecule has 0 fully saturated rings. The smallest absolute Gasteiger partial charge is 0.399 e. The largest absolute Gasteiger partial charge is 0.489 e. The summed E-state index contributed by atoms with van der Waals surface area (Å²) in [7, 11) is 0. The zero-order valence-electron chi connectivity index (χ0n) is 14.1. The molecular weight excluding hydrogens is 349 g/mol. The van der Waals surface area contributed by atoms with Gasteiger partial charge in [-0.25, -0.2) is 0 Å². The summed E-state index contributed by atoms with van der Waals surface area (Å²) in [4.78, 5) is 16.5. The summed E-state index contributed by atoms with van der Waals surface area (Å²) in [5.74, 6) is -0.411. The van der Waals surface area contributed by atoms with Crippen molar-refractivity contribution in [2.45, 2.75) is 13.1 Å².